The number of carbonyl (C=O) groups is 1. The Kier molecular flexibility index (Phi) is 4.99. The number of hydrogen-bond donors (Lipinski definition) is 1. The van der Waals surface area contributed by atoms with Crippen LogP contribution in [0.2, 0.25) is 0 Å². The highest BCUT2D eigenvalue weighted by Crippen LogP contribution is 2.19. The summed E-state index contributed by atoms with van der Waals surface area (Å²) in [6.45, 7) is 6.40. The number of carbonyl (C=O) groups excluding carboxylic acids is 1. The molecule has 0 bridgehead atoms. The van der Waals surface area contributed by atoms with Crippen LogP contribution in [-0.4, -0.2) is 15.7 Å². The van der Waals surface area contributed by atoms with E-state index in [4.69, 9.17) is 0 Å². The van der Waals surface area contributed by atoms with Gasteiger partial charge in [0, 0.05) is 21.0 Å². The number of nitrogens with one attached hydrogen (secondary N) is 1. The lowest BCUT2D eigenvalue weighted by molar-refractivity contribution is -0.120. The minimum atomic E-state index is -0.284. The molecule has 4 nitrogen and oxygen atoms in total. The summed E-state index contributed by atoms with van der Waals surface area (Å²) in [5, 5.41) is 7.46. The lowest BCUT2D eigenvalue weighted by Gasteiger charge is -2.06. The molecule has 2 heterocycles. The zero-order chi connectivity index (χ0) is 18.0. The Morgan fingerprint density at radius 2 is 1.88 bits per heavy atom. The summed E-state index contributed by atoms with van der Waals surface area (Å²) in [5.41, 5.74) is 3.39. The third-order valence-corrected chi connectivity index (χ3v) is 5.11. The molecule has 0 saturated heterocycles. The van der Waals surface area contributed by atoms with Crippen LogP contribution in [0.1, 0.15) is 26.7 Å². The van der Waals surface area contributed by atoms with E-state index in [1.165, 1.54) is 17.0 Å². The first-order valence-corrected chi connectivity index (χ1v) is 8.88. The van der Waals surface area contributed by atoms with Gasteiger partial charge in [0.1, 0.15) is 5.82 Å². The number of nitrogens with zero attached hydrogens (tertiary/aromatic N) is 2. The van der Waals surface area contributed by atoms with Crippen LogP contribution in [0.3, 0.4) is 0 Å². The van der Waals surface area contributed by atoms with Crippen molar-refractivity contribution in [1.29, 1.82) is 0 Å². The second-order valence-corrected chi connectivity index (χ2v) is 7.38. The summed E-state index contributed by atoms with van der Waals surface area (Å²) in [4.78, 5) is 14.7. The Balaban J connectivity index is 1.72. The molecular formula is C19H20FN3OS. The second kappa shape index (κ2) is 7.19. The minimum Gasteiger partial charge on any atom is -0.351 e. The van der Waals surface area contributed by atoms with Crippen molar-refractivity contribution in [3.63, 3.8) is 0 Å². The summed E-state index contributed by atoms with van der Waals surface area (Å²) in [7, 11) is 0. The summed E-state index contributed by atoms with van der Waals surface area (Å²) in [6, 6.07) is 10.2. The number of thiophene rings is 1. The molecule has 1 aromatic carbocycles. The molecule has 0 aliphatic rings. The monoisotopic (exact) mass is 357 g/mol. The van der Waals surface area contributed by atoms with Gasteiger partial charge in [-0.15, -0.1) is 11.3 Å². The molecule has 0 saturated carbocycles. The number of benzene rings is 1. The van der Waals surface area contributed by atoms with E-state index in [9.17, 15) is 9.18 Å². The van der Waals surface area contributed by atoms with Gasteiger partial charge in [0.25, 0.3) is 0 Å². The van der Waals surface area contributed by atoms with E-state index in [2.05, 4.69) is 10.4 Å². The Labute approximate surface area is 150 Å². The highest BCUT2D eigenvalue weighted by atomic mass is 32.1. The van der Waals surface area contributed by atoms with Crippen molar-refractivity contribution in [2.24, 2.45) is 0 Å². The topological polar surface area (TPSA) is 46.9 Å². The van der Waals surface area contributed by atoms with Crippen LogP contribution in [0.25, 0.3) is 5.69 Å². The largest absolute Gasteiger partial charge is 0.351 e. The summed E-state index contributed by atoms with van der Waals surface area (Å²) in [6.07, 6.45) is 0.281. The van der Waals surface area contributed by atoms with Crippen LogP contribution in [-0.2, 0) is 17.8 Å². The number of halogens is 1. The molecule has 130 valence electrons. The first kappa shape index (κ1) is 17.4. The molecular weight excluding hydrogens is 337 g/mol. The standard InChI is InChI=1S/C19H20FN3OS/c1-12-4-9-17(25-12)11-21-19(24)10-18-13(2)22-23(14(18)3)16-7-5-15(20)6-8-16/h4-9H,10-11H2,1-3H3,(H,21,24). The summed E-state index contributed by atoms with van der Waals surface area (Å²) >= 11 is 1.68. The highest BCUT2D eigenvalue weighted by Gasteiger charge is 2.16. The number of aryl methyl sites for hydroxylation is 2. The van der Waals surface area contributed by atoms with E-state index in [0.29, 0.717) is 6.54 Å². The third kappa shape index (κ3) is 3.96. The molecule has 0 aliphatic heterocycles. The van der Waals surface area contributed by atoms with Gasteiger partial charge < -0.3 is 5.32 Å². The van der Waals surface area contributed by atoms with Gasteiger partial charge in [-0.05, 0) is 57.2 Å². The number of aromatic nitrogens is 2. The van der Waals surface area contributed by atoms with Gasteiger partial charge in [-0.1, -0.05) is 0 Å². The second-order valence-electron chi connectivity index (χ2n) is 6.00. The first-order valence-electron chi connectivity index (χ1n) is 8.07. The highest BCUT2D eigenvalue weighted by molar-refractivity contribution is 7.11. The fourth-order valence-electron chi connectivity index (χ4n) is 2.75. The van der Waals surface area contributed by atoms with Gasteiger partial charge in [-0.25, -0.2) is 9.07 Å². The fraction of sp³-hybridized carbons (Fsp3) is 0.263. The molecule has 1 N–H and O–H groups in total. The van der Waals surface area contributed by atoms with Crippen molar-refractivity contribution in [3.05, 3.63) is 68.9 Å². The molecule has 3 rings (SSSR count). The molecule has 25 heavy (non-hydrogen) atoms. The zero-order valence-corrected chi connectivity index (χ0v) is 15.3. The van der Waals surface area contributed by atoms with Crippen LogP contribution < -0.4 is 5.32 Å². The van der Waals surface area contributed by atoms with Crippen molar-refractivity contribution in [2.45, 2.75) is 33.7 Å². The average Bonchev–Trinajstić information content (AvgIpc) is 3.12. The number of hydrogen-bond acceptors (Lipinski definition) is 3. The van der Waals surface area contributed by atoms with Crippen LogP contribution in [0, 0.1) is 26.6 Å². The van der Waals surface area contributed by atoms with Crippen molar-refractivity contribution >= 4 is 17.2 Å². The van der Waals surface area contributed by atoms with Gasteiger partial charge in [0.2, 0.25) is 5.91 Å². The zero-order valence-electron chi connectivity index (χ0n) is 14.5. The van der Waals surface area contributed by atoms with Crippen molar-refractivity contribution in [1.82, 2.24) is 15.1 Å². The summed E-state index contributed by atoms with van der Waals surface area (Å²) < 4.78 is 14.9. The SMILES string of the molecule is Cc1ccc(CNC(=O)Cc2c(C)nn(-c3ccc(F)cc3)c2C)s1. The molecule has 0 unspecified atom stereocenters. The van der Waals surface area contributed by atoms with Gasteiger partial charge in [0.15, 0.2) is 0 Å². The molecule has 2 aromatic heterocycles. The van der Waals surface area contributed by atoms with Crippen LogP contribution in [0.4, 0.5) is 4.39 Å². The van der Waals surface area contributed by atoms with Crippen molar-refractivity contribution < 1.29 is 9.18 Å². The molecule has 1 amide bonds. The maximum Gasteiger partial charge on any atom is 0.224 e. The molecule has 0 radical (unpaired) electrons. The van der Waals surface area contributed by atoms with Crippen LogP contribution in [0.5, 0.6) is 0 Å². The maximum atomic E-state index is 13.1. The molecule has 6 heteroatoms. The molecule has 0 aliphatic carbocycles. The predicted octanol–water partition coefficient (Wildman–Crippen LogP) is 3.86. The van der Waals surface area contributed by atoms with Gasteiger partial charge >= 0.3 is 0 Å². The van der Waals surface area contributed by atoms with E-state index in [-0.39, 0.29) is 18.1 Å². The van der Waals surface area contributed by atoms with E-state index in [1.54, 1.807) is 28.2 Å². The maximum absolute atomic E-state index is 13.1. The number of rotatable bonds is 5. The van der Waals surface area contributed by atoms with Crippen LogP contribution >= 0.6 is 11.3 Å². The van der Waals surface area contributed by atoms with Gasteiger partial charge in [0.05, 0.1) is 24.3 Å². The first-order chi connectivity index (χ1) is 11.9. The molecule has 3 aromatic rings. The predicted molar refractivity (Wildman–Crippen MR) is 97.6 cm³/mol. The smallest absolute Gasteiger partial charge is 0.224 e. The minimum absolute atomic E-state index is 0.0316. The Morgan fingerprint density at radius 1 is 1.16 bits per heavy atom. The Morgan fingerprint density at radius 3 is 2.52 bits per heavy atom. The molecule has 0 spiro atoms. The molecule has 0 atom stereocenters. The average molecular weight is 357 g/mol. The quantitative estimate of drug-likeness (QED) is 0.754. The normalized spacial score (nSPS) is 10.9. The lowest BCUT2D eigenvalue weighted by Crippen LogP contribution is -2.24. The van der Waals surface area contributed by atoms with E-state index in [0.717, 1.165) is 27.5 Å². The van der Waals surface area contributed by atoms with Gasteiger partial charge in [-0.3, -0.25) is 4.79 Å². The van der Waals surface area contributed by atoms with E-state index < -0.39 is 0 Å². The van der Waals surface area contributed by atoms with E-state index >= 15 is 0 Å². The Bertz CT molecular complexity index is 896. The van der Waals surface area contributed by atoms with E-state index in [1.807, 2.05) is 32.9 Å². The van der Waals surface area contributed by atoms with Crippen molar-refractivity contribution in [3.8, 4) is 5.69 Å². The Hall–Kier alpha value is -2.47. The van der Waals surface area contributed by atoms with Crippen LogP contribution in [0.15, 0.2) is 36.4 Å². The third-order valence-electron chi connectivity index (χ3n) is 4.11. The fourth-order valence-corrected chi connectivity index (χ4v) is 3.58. The summed E-state index contributed by atoms with van der Waals surface area (Å²) in [5.74, 6) is -0.315. The number of amides is 1. The van der Waals surface area contributed by atoms with Gasteiger partial charge in [-0.2, -0.15) is 5.10 Å². The lowest BCUT2D eigenvalue weighted by atomic mass is 10.1. The molecule has 0 fully saturated rings. The van der Waals surface area contributed by atoms with Crippen molar-refractivity contribution in [2.75, 3.05) is 0 Å².